The SMILES string of the molecule is O=C(CN1CCOCC1)C1CC1. The Morgan fingerprint density at radius 3 is 2.58 bits per heavy atom. The van der Waals surface area contributed by atoms with Crippen LogP contribution >= 0.6 is 0 Å². The molecule has 2 aliphatic rings. The summed E-state index contributed by atoms with van der Waals surface area (Å²) in [6.45, 7) is 4.10. The number of carbonyl (C=O) groups excluding carboxylic acids is 1. The van der Waals surface area contributed by atoms with Crippen LogP contribution in [-0.4, -0.2) is 43.5 Å². The summed E-state index contributed by atoms with van der Waals surface area (Å²) in [5.74, 6) is 0.852. The maximum atomic E-state index is 11.4. The Balaban J connectivity index is 1.73. The quantitative estimate of drug-likeness (QED) is 0.608. The molecule has 0 aromatic rings. The summed E-state index contributed by atoms with van der Waals surface area (Å²) >= 11 is 0. The first-order valence-corrected chi connectivity index (χ1v) is 4.69. The van der Waals surface area contributed by atoms with Crippen molar-refractivity contribution in [1.29, 1.82) is 0 Å². The number of nitrogens with zero attached hydrogens (tertiary/aromatic N) is 1. The molecule has 0 atom stereocenters. The Kier molecular flexibility index (Phi) is 2.42. The van der Waals surface area contributed by atoms with E-state index < -0.39 is 0 Å². The van der Waals surface area contributed by atoms with Gasteiger partial charge in [0.1, 0.15) is 5.78 Å². The lowest BCUT2D eigenvalue weighted by molar-refractivity contribution is -0.122. The zero-order valence-corrected chi connectivity index (χ0v) is 7.29. The van der Waals surface area contributed by atoms with Gasteiger partial charge in [0.05, 0.1) is 19.8 Å². The highest BCUT2D eigenvalue weighted by Crippen LogP contribution is 2.29. The molecule has 0 N–H and O–H groups in total. The van der Waals surface area contributed by atoms with Crippen LogP contribution in [0, 0.1) is 5.92 Å². The highest BCUT2D eigenvalue weighted by Gasteiger charge is 2.30. The maximum absolute atomic E-state index is 11.4. The number of carbonyl (C=O) groups is 1. The molecule has 1 aliphatic heterocycles. The van der Waals surface area contributed by atoms with E-state index in [1.54, 1.807) is 0 Å². The highest BCUT2D eigenvalue weighted by molar-refractivity contribution is 5.84. The van der Waals surface area contributed by atoms with E-state index in [1.165, 1.54) is 0 Å². The summed E-state index contributed by atoms with van der Waals surface area (Å²) in [6.07, 6.45) is 2.26. The molecule has 1 aliphatic carbocycles. The minimum Gasteiger partial charge on any atom is -0.379 e. The second-order valence-corrected chi connectivity index (χ2v) is 3.63. The van der Waals surface area contributed by atoms with Crippen molar-refractivity contribution in [2.24, 2.45) is 5.92 Å². The molecule has 12 heavy (non-hydrogen) atoms. The molecule has 1 heterocycles. The molecule has 3 nitrogen and oxygen atoms in total. The predicted octanol–water partition coefficient (Wildman–Crippen LogP) is 0.298. The molecule has 0 bridgehead atoms. The third-order valence-electron chi connectivity index (χ3n) is 2.52. The minimum absolute atomic E-state index is 0.410. The smallest absolute Gasteiger partial charge is 0.149 e. The van der Waals surface area contributed by atoms with Crippen molar-refractivity contribution in [3.05, 3.63) is 0 Å². The van der Waals surface area contributed by atoms with Crippen molar-refractivity contribution in [3.8, 4) is 0 Å². The fourth-order valence-electron chi connectivity index (χ4n) is 1.51. The van der Waals surface area contributed by atoms with E-state index in [1.807, 2.05) is 0 Å². The van der Waals surface area contributed by atoms with Gasteiger partial charge in [0, 0.05) is 19.0 Å². The van der Waals surface area contributed by atoms with Gasteiger partial charge in [-0.1, -0.05) is 0 Å². The van der Waals surface area contributed by atoms with Gasteiger partial charge in [-0.25, -0.2) is 0 Å². The molecular weight excluding hydrogens is 154 g/mol. The van der Waals surface area contributed by atoms with E-state index in [9.17, 15) is 4.79 Å². The molecule has 0 unspecified atom stereocenters. The third kappa shape index (κ3) is 2.05. The summed E-state index contributed by atoms with van der Waals surface area (Å²) < 4.78 is 5.20. The Morgan fingerprint density at radius 2 is 2.00 bits per heavy atom. The molecule has 68 valence electrons. The average Bonchev–Trinajstić information content (AvgIpc) is 2.88. The van der Waals surface area contributed by atoms with Gasteiger partial charge in [-0.05, 0) is 12.8 Å². The summed E-state index contributed by atoms with van der Waals surface area (Å²) in [5.41, 5.74) is 0. The first-order valence-electron chi connectivity index (χ1n) is 4.69. The number of ketones is 1. The van der Waals surface area contributed by atoms with Gasteiger partial charge in [-0.15, -0.1) is 0 Å². The molecule has 3 heteroatoms. The van der Waals surface area contributed by atoms with Crippen molar-refractivity contribution in [2.45, 2.75) is 12.8 Å². The van der Waals surface area contributed by atoms with Gasteiger partial charge >= 0.3 is 0 Å². The molecule has 0 spiro atoms. The van der Waals surface area contributed by atoms with E-state index >= 15 is 0 Å². The van der Waals surface area contributed by atoms with Crippen LogP contribution < -0.4 is 0 Å². The molecular formula is C9H15NO2. The van der Waals surface area contributed by atoms with E-state index in [0.29, 0.717) is 18.2 Å². The van der Waals surface area contributed by atoms with Crippen LogP contribution in [0.1, 0.15) is 12.8 Å². The number of morpholine rings is 1. The van der Waals surface area contributed by atoms with Crippen molar-refractivity contribution >= 4 is 5.78 Å². The van der Waals surface area contributed by atoms with Crippen LogP contribution in [0.3, 0.4) is 0 Å². The summed E-state index contributed by atoms with van der Waals surface area (Å²) in [5, 5.41) is 0. The van der Waals surface area contributed by atoms with Gasteiger partial charge in [0.15, 0.2) is 0 Å². The van der Waals surface area contributed by atoms with Gasteiger partial charge in [0.25, 0.3) is 0 Å². The van der Waals surface area contributed by atoms with Gasteiger partial charge in [-0.3, -0.25) is 9.69 Å². The lowest BCUT2D eigenvalue weighted by Gasteiger charge is -2.25. The fourth-order valence-corrected chi connectivity index (χ4v) is 1.51. The molecule has 0 amide bonds. The fraction of sp³-hybridized carbons (Fsp3) is 0.889. The molecule has 2 rings (SSSR count). The molecule has 0 aromatic carbocycles. The normalized spacial score (nSPS) is 25.7. The summed E-state index contributed by atoms with van der Waals surface area (Å²) in [4.78, 5) is 13.6. The predicted molar refractivity (Wildman–Crippen MR) is 45.0 cm³/mol. The molecule has 1 saturated heterocycles. The molecule has 1 saturated carbocycles. The van der Waals surface area contributed by atoms with Crippen LogP contribution in [0.5, 0.6) is 0 Å². The average molecular weight is 169 g/mol. The molecule has 0 radical (unpaired) electrons. The highest BCUT2D eigenvalue weighted by atomic mass is 16.5. The van der Waals surface area contributed by atoms with E-state index in [0.717, 1.165) is 39.1 Å². The Morgan fingerprint density at radius 1 is 1.33 bits per heavy atom. The van der Waals surface area contributed by atoms with Crippen LogP contribution in [0.2, 0.25) is 0 Å². The zero-order valence-electron chi connectivity index (χ0n) is 7.29. The maximum Gasteiger partial charge on any atom is 0.149 e. The summed E-state index contributed by atoms with van der Waals surface area (Å²) in [6, 6.07) is 0. The Bertz CT molecular complexity index is 171. The summed E-state index contributed by atoms with van der Waals surface area (Å²) in [7, 11) is 0. The lowest BCUT2D eigenvalue weighted by atomic mass is 10.2. The van der Waals surface area contributed by atoms with Gasteiger partial charge in [0.2, 0.25) is 0 Å². The third-order valence-corrected chi connectivity index (χ3v) is 2.52. The van der Waals surface area contributed by atoms with Crippen LogP contribution in [-0.2, 0) is 9.53 Å². The van der Waals surface area contributed by atoms with Crippen molar-refractivity contribution < 1.29 is 9.53 Å². The van der Waals surface area contributed by atoms with Crippen LogP contribution in [0.15, 0.2) is 0 Å². The Labute approximate surface area is 72.7 Å². The zero-order chi connectivity index (χ0) is 8.39. The number of Topliss-reactive ketones (excluding diaryl/α,β-unsaturated/α-hetero) is 1. The van der Waals surface area contributed by atoms with Crippen molar-refractivity contribution in [3.63, 3.8) is 0 Å². The topological polar surface area (TPSA) is 29.5 Å². The number of rotatable bonds is 3. The molecule has 2 fully saturated rings. The Hall–Kier alpha value is -0.410. The van der Waals surface area contributed by atoms with Gasteiger partial charge in [-0.2, -0.15) is 0 Å². The number of hydrogen-bond donors (Lipinski definition) is 0. The van der Waals surface area contributed by atoms with Gasteiger partial charge < -0.3 is 4.74 Å². The van der Waals surface area contributed by atoms with Crippen molar-refractivity contribution in [1.82, 2.24) is 4.90 Å². The number of ether oxygens (including phenoxy) is 1. The lowest BCUT2D eigenvalue weighted by Crippen LogP contribution is -2.39. The van der Waals surface area contributed by atoms with E-state index in [2.05, 4.69) is 4.90 Å². The van der Waals surface area contributed by atoms with Crippen LogP contribution in [0.4, 0.5) is 0 Å². The first kappa shape index (κ1) is 8.20. The van der Waals surface area contributed by atoms with E-state index in [4.69, 9.17) is 4.74 Å². The monoisotopic (exact) mass is 169 g/mol. The molecule has 0 aromatic heterocycles. The first-order chi connectivity index (χ1) is 5.86. The second-order valence-electron chi connectivity index (χ2n) is 3.63. The van der Waals surface area contributed by atoms with Crippen LogP contribution in [0.25, 0.3) is 0 Å². The largest absolute Gasteiger partial charge is 0.379 e. The van der Waals surface area contributed by atoms with E-state index in [-0.39, 0.29) is 0 Å². The second kappa shape index (κ2) is 3.54. The van der Waals surface area contributed by atoms with Crippen molar-refractivity contribution in [2.75, 3.05) is 32.8 Å². The number of hydrogen-bond acceptors (Lipinski definition) is 3. The standard InChI is InChI=1S/C9H15NO2/c11-9(8-1-2-8)7-10-3-5-12-6-4-10/h8H,1-7H2. The minimum atomic E-state index is 0.410.